The van der Waals surface area contributed by atoms with Gasteiger partial charge in [-0.3, -0.25) is 0 Å². The molecule has 3 aromatic heterocycles. The first-order chi connectivity index (χ1) is 36.5. The maximum Gasteiger partial charge on any atom is 0.187 e. The minimum Gasteiger partial charge on any atom is -0.309 e. The van der Waals surface area contributed by atoms with Crippen LogP contribution in [0.2, 0.25) is 0 Å². The van der Waals surface area contributed by atoms with E-state index in [1.54, 1.807) is 0 Å². The summed E-state index contributed by atoms with van der Waals surface area (Å²) in [6.45, 7) is 7.89. The minimum atomic E-state index is 0.434. The number of hydrogen-bond donors (Lipinski definition) is 0. The second-order valence-corrected chi connectivity index (χ2v) is 18.1. The summed E-state index contributed by atoms with van der Waals surface area (Å²) < 4.78 is 4.58. The van der Waals surface area contributed by atoms with Crippen molar-refractivity contribution in [3.8, 4) is 91.1 Å². The van der Waals surface area contributed by atoms with Crippen molar-refractivity contribution in [2.24, 2.45) is 0 Å². The first-order valence-electron chi connectivity index (χ1n) is 24.2. The Labute approximate surface area is 426 Å². The highest BCUT2D eigenvalue weighted by Gasteiger charge is 2.24. The van der Waals surface area contributed by atoms with Crippen molar-refractivity contribution >= 4 is 49.3 Å². The lowest BCUT2D eigenvalue weighted by molar-refractivity contribution is 1.06. The third-order valence-corrected chi connectivity index (χ3v) is 13.9. The van der Waals surface area contributed by atoms with Crippen LogP contribution in [0.25, 0.3) is 127 Å². The molecule has 0 unspecified atom stereocenters. The van der Waals surface area contributed by atoms with Crippen LogP contribution in [0.5, 0.6) is 0 Å². The number of para-hydroxylation sites is 4. The molecule has 0 aliphatic heterocycles. The number of fused-ring (bicyclic) bond motifs is 6. The van der Waals surface area contributed by atoms with Crippen LogP contribution >= 0.6 is 0 Å². The van der Waals surface area contributed by atoms with Gasteiger partial charge in [0.1, 0.15) is 0 Å². The van der Waals surface area contributed by atoms with E-state index in [0.717, 1.165) is 105 Å². The lowest BCUT2D eigenvalue weighted by atomic mass is 9.97. The normalized spacial score (nSPS) is 11.2. The van der Waals surface area contributed by atoms with E-state index >= 15 is 0 Å². The average Bonchev–Trinajstić information content (AvgIpc) is 4.01. The lowest BCUT2D eigenvalue weighted by Crippen LogP contribution is -2.06. The van der Waals surface area contributed by atoms with Crippen LogP contribution in [-0.4, -0.2) is 24.1 Å². The topological polar surface area (TPSA) is 100 Å². The lowest BCUT2D eigenvalue weighted by Gasteiger charge is -2.19. The summed E-state index contributed by atoms with van der Waals surface area (Å²) in [7, 11) is 0. The third kappa shape index (κ3) is 7.33. The molecule has 0 aliphatic rings. The van der Waals surface area contributed by atoms with E-state index in [1.807, 2.05) is 91.0 Å². The van der Waals surface area contributed by atoms with Gasteiger partial charge in [0.05, 0.1) is 63.3 Å². The highest BCUT2D eigenvalue weighted by Crippen LogP contribution is 2.42. The van der Waals surface area contributed by atoms with E-state index in [-0.39, 0.29) is 0 Å². The maximum absolute atomic E-state index is 10.0. The van der Waals surface area contributed by atoms with Crippen molar-refractivity contribution in [1.29, 1.82) is 10.5 Å². The van der Waals surface area contributed by atoms with E-state index in [4.69, 9.17) is 21.5 Å². The Morgan fingerprint density at radius 3 is 1.23 bits per heavy atom. The summed E-state index contributed by atoms with van der Waals surface area (Å²) in [5.41, 5.74) is 15.1. The van der Waals surface area contributed by atoms with Crippen molar-refractivity contribution in [2.75, 3.05) is 0 Å². The molecule has 0 spiro atoms. The van der Waals surface area contributed by atoms with E-state index in [0.29, 0.717) is 34.3 Å². The molecule has 342 valence electrons. The molecule has 0 saturated carbocycles. The zero-order valence-corrected chi connectivity index (χ0v) is 39.5. The summed E-state index contributed by atoms with van der Waals surface area (Å²) in [5.74, 6) is 1.32. The highest BCUT2D eigenvalue weighted by atomic mass is 15.1. The highest BCUT2D eigenvalue weighted by molar-refractivity contribution is 6.11. The Morgan fingerprint density at radius 2 is 0.743 bits per heavy atom. The van der Waals surface area contributed by atoms with E-state index in [2.05, 4.69) is 166 Å². The molecule has 0 amide bonds. The minimum absolute atomic E-state index is 0.434. The van der Waals surface area contributed by atoms with Crippen LogP contribution in [0.3, 0.4) is 0 Å². The first-order valence-corrected chi connectivity index (χ1v) is 24.2. The molecule has 8 heteroatoms. The number of hydrogen-bond acceptors (Lipinski definition) is 5. The van der Waals surface area contributed by atoms with Gasteiger partial charge in [0.15, 0.2) is 23.2 Å². The van der Waals surface area contributed by atoms with E-state index in [9.17, 15) is 10.5 Å². The molecule has 0 saturated heterocycles. The van der Waals surface area contributed by atoms with Gasteiger partial charge in [-0.25, -0.2) is 19.8 Å². The number of rotatable bonds is 8. The fraction of sp³-hybridized carbons (Fsp3) is 0. The number of aromatic nitrogens is 5. The van der Waals surface area contributed by atoms with Crippen LogP contribution in [0.15, 0.2) is 231 Å². The molecule has 74 heavy (non-hydrogen) atoms. The molecule has 10 aromatic carbocycles. The van der Waals surface area contributed by atoms with Crippen molar-refractivity contribution in [1.82, 2.24) is 24.1 Å². The summed E-state index contributed by atoms with van der Waals surface area (Å²) in [4.78, 5) is 20.5. The third-order valence-electron chi connectivity index (χ3n) is 13.9. The monoisotopic (exact) mass is 942 g/mol. The smallest absolute Gasteiger partial charge is 0.187 e. The van der Waals surface area contributed by atoms with Crippen LogP contribution in [0, 0.1) is 29.2 Å². The van der Waals surface area contributed by atoms with Gasteiger partial charge in [-0.15, -0.1) is 0 Å². The predicted molar refractivity (Wildman–Crippen MR) is 297 cm³/mol. The quantitative estimate of drug-likeness (QED) is 0.141. The van der Waals surface area contributed by atoms with Crippen LogP contribution in [-0.2, 0) is 0 Å². The van der Waals surface area contributed by atoms with Crippen molar-refractivity contribution in [2.45, 2.75) is 0 Å². The van der Waals surface area contributed by atoms with Gasteiger partial charge in [-0.05, 0) is 112 Å². The Balaban J connectivity index is 1.16. The standard InChI is InChI=1S/C66H38N8/c1-69-49-17-13-16-46(37-49)48-33-35-63(74-60-26-10-6-21-53(60)54-22-7-11-27-61(54)74)57(39-48)66-71-64(55-23-3-2-18-50(55)44-30-28-42(40-67)29-31-44)70-65(72-66)56-38-47(45-15-12-14-43(36-45)41-68)32-34-62(56)73-58-24-8-4-19-51(58)52-20-5-9-25-59(52)73/h2-39H. The Kier molecular flexibility index (Phi) is 10.5. The van der Waals surface area contributed by atoms with Gasteiger partial charge in [0.2, 0.25) is 0 Å². The Morgan fingerprint density at radius 1 is 0.338 bits per heavy atom. The fourth-order valence-electron chi connectivity index (χ4n) is 10.5. The number of nitrogens with zero attached hydrogens (tertiary/aromatic N) is 8. The van der Waals surface area contributed by atoms with Gasteiger partial charge in [0, 0.05) is 38.2 Å². The van der Waals surface area contributed by atoms with Crippen LogP contribution < -0.4 is 0 Å². The molecule has 0 atom stereocenters. The summed E-state index contributed by atoms with van der Waals surface area (Å²) in [6, 6.07) is 82.1. The molecule has 8 nitrogen and oxygen atoms in total. The zero-order chi connectivity index (χ0) is 49.7. The Hall–Kier alpha value is -10.7. The molecule has 13 aromatic rings. The predicted octanol–water partition coefficient (Wildman–Crippen LogP) is 16.4. The van der Waals surface area contributed by atoms with Crippen molar-refractivity contribution < 1.29 is 0 Å². The molecule has 0 aliphatic carbocycles. The summed E-state index contributed by atoms with van der Waals surface area (Å²) in [6.07, 6.45) is 0. The second-order valence-electron chi connectivity index (χ2n) is 18.1. The molecule has 13 rings (SSSR count). The van der Waals surface area contributed by atoms with E-state index in [1.165, 1.54) is 0 Å². The molecule has 0 fully saturated rings. The van der Waals surface area contributed by atoms with Crippen LogP contribution in [0.1, 0.15) is 11.1 Å². The molecule has 0 radical (unpaired) electrons. The average molecular weight is 943 g/mol. The summed E-state index contributed by atoms with van der Waals surface area (Å²) >= 11 is 0. The molecule has 3 heterocycles. The fourth-order valence-corrected chi connectivity index (χ4v) is 10.5. The zero-order valence-electron chi connectivity index (χ0n) is 39.5. The second kappa shape index (κ2) is 17.9. The number of benzene rings is 10. The van der Waals surface area contributed by atoms with Crippen LogP contribution in [0.4, 0.5) is 5.69 Å². The molecular formula is C66H38N8. The maximum atomic E-state index is 10.0. The SMILES string of the molecule is [C-]#[N+]c1cccc(-c2ccc(-n3c4ccccc4c4ccccc43)c(-c3nc(-c4ccccc4-c4ccc(C#N)cc4)nc(-c4cc(-c5cccc(C#N)c5)ccc4-n4c5ccccc5c5ccccc54)n3)c2)c1. The first kappa shape index (κ1) is 43.3. The number of nitriles is 2. The van der Waals surface area contributed by atoms with E-state index < -0.39 is 0 Å². The van der Waals surface area contributed by atoms with Gasteiger partial charge in [-0.1, -0.05) is 152 Å². The largest absolute Gasteiger partial charge is 0.309 e. The van der Waals surface area contributed by atoms with Crippen molar-refractivity contribution in [3.05, 3.63) is 253 Å². The summed E-state index contributed by atoms with van der Waals surface area (Å²) in [5, 5.41) is 24.2. The van der Waals surface area contributed by atoms with Gasteiger partial charge >= 0.3 is 0 Å². The molecule has 0 N–H and O–H groups in total. The van der Waals surface area contributed by atoms with Gasteiger partial charge < -0.3 is 9.13 Å². The van der Waals surface area contributed by atoms with Gasteiger partial charge in [-0.2, -0.15) is 10.5 Å². The van der Waals surface area contributed by atoms with Gasteiger partial charge in [0.25, 0.3) is 0 Å². The Bertz CT molecular complexity index is 4190. The molecule has 0 bridgehead atoms. The molecular weight excluding hydrogens is 905 g/mol. The van der Waals surface area contributed by atoms with Crippen molar-refractivity contribution in [3.63, 3.8) is 0 Å².